The van der Waals surface area contributed by atoms with Crippen LogP contribution in [0.3, 0.4) is 0 Å². The number of carbonyl (C=O) groups excluding carboxylic acids is 2. The first-order valence-electron chi connectivity index (χ1n) is 15.0. The summed E-state index contributed by atoms with van der Waals surface area (Å²) in [7, 11) is 4.27. The molecule has 2 aliphatic rings. The van der Waals surface area contributed by atoms with E-state index in [9.17, 15) is 9.59 Å². The molecule has 0 bridgehead atoms. The number of nitrogens with zero attached hydrogens (tertiary/aromatic N) is 2. The van der Waals surface area contributed by atoms with Crippen LogP contribution in [0.15, 0.2) is 60.7 Å². The van der Waals surface area contributed by atoms with Crippen molar-refractivity contribution in [3.63, 3.8) is 0 Å². The molecule has 5 atom stereocenters. The standard InChI is InChI=1S/2C17H25NO2/c1-5-16(19)20-17(15-9-7-6-8-10-15)11-14(3)18(4)12-13(17)2;1-4-16(19)20-17(15-9-6-5-7-10-15)11-8-12-18(3)13-14(17)2/h6-10,13-14H,5,11-12H2,1-4H3;5-7,9-10,14H,4,8,11-13H2,1-3H3/t13-,14+,17+;/m1./s1. The van der Waals surface area contributed by atoms with Crippen molar-refractivity contribution in [1.29, 1.82) is 0 Å². The first kappa shape index (κ1) is 31.8. The molecule has 6 heteroatoms. The fourth-order valence-corrected chi connectivity index (χ4v) is 6.35. The number of esters is 2. The van der Waals surface area contributed by atoms with Crippen LogP contribution in [-0.2, 0) is 30.3 Å². The van der Waals surface area contributed by atoms with E-state index in [0.29, 0.717) is 18.9 Å². The Morgan fingerprint density at radius 2 is 1.25 bits per heavy atom. The number of piperidine rings is 1. The van der Waals surface area contributed by atoms with E-state index in [1.165, 1.54) is 0 Å². The summed E-state index contributed by atoms with van der Waals surface area (Å²) in [6, 6.07) is 20.8. The van der Waals surface area contributed by atoms with Gasteiger partial charge in [-0.3, -0.25) is 9.59 Å². The van der Waals surface area contributed by atoms with Gasteiger partial charge >= 0.3 is 11.9 Å². The van der Waals surface area contributed by atoms with Crippen molar-refractivity contribution in [2.24, 2.45) is 11.8 Å². The van der Waals surface area contributed by atoms with Gasteiger partial charge in [0.15, 0.2) is 0 Å². The van der Waals surface area contributed by atoms with Crippen LogP contribution in [0, 0.1) is 11.8 Å². The van der Waals surface area contributed by atoms with Crippen LogP contribution in [0.2, 0.25) is 0 Å². The first-order valence-corrected chi connectivity index (χ1v) is 15.0. The van der Waals surface area contributed by atoms with Crippen LogP contribution >= 0.6 is 0 Å². The SMILES string of the molecule is CCC(=O)OC1(c2ccccc2)CCCN(C)CC1C.CCC(=O)O[C@@]1(c2ccccc2)C[C@H](C)N(C)C[C@H]1C. The van der Waals surface area contributed by atoms with Crippen LogP contribution in [0.4, 0.5) is 0 Å². The lowest BCUT2D eigenvalue weighted by molar-refractivity contribution is -0.177. The zero-order valence-corrected chi connectivity index (χ0v) is 25.7. The maximum Gasteiger partial charge on any atom is 0.306 e. The second-order valence-corrected chi connectivity index (χ2v) is 11.8. The fourth-order valence-electron chi connectivity index (χ4n) is 6.35. The minimum Gasteiger partial charge on any atom is -0.454 e. The molecule has 0 saturated carbocycles. The van der Waals surface area contributed by atoms with E-state index in [1.807, 2.05) is 50.2 Å². The third-order valence-corrected chi connectivity index (χ3v) is 8.87. The summed E-state index contributed by atoms with van der Waals surface area (Å²) in [4.78, 5) is 28.6. The zero-order chi connectivity index (χ0) is 29.3. The predicted octanol–water partition coefficient (Wildman–Crippen LogP) is 6.39. The van der Waals surface area contributed by atoms with Gasteiger partial charge in [0, 0.05) is 50.2 Å². The Bertz CT molecular complexity index is 1020. The molecule has 2 aromatic carbocycles. The first-order chi connectivity index (χ1) is 19.1. The van der Waals surface area contributed by atoms with Crippen molar-refractivity contribution in [1.82, 2.24) is 9.80 Å². The molecule has 0 amide bonds. The number of ether oxygens (including phenoxy) is 2. The second kappa shape index (κ2) is 14.3. The second-order valence-electron chi connectivity index (χ2n) is 11.8. The topological polar surface area (TPSA) is 59.1 Å². The number of benzene rings is 2. The average Bonchev–Trinajstić information content (AvgIpc) is 3.10. The predicted molar refractivity (Wildman–Crippen MR) is 161 cm³/mol. The highest BCUT2D eigenvalue weighted by atomic mass is 16.6. The molecule has 0 aromatic heterocycles. The molecule has 0 spiro atoms. The van der Waals surface area contributed by atoms with Crippen LogP contribution < -0.4 is 0 Å². The molecular formula is C34H50N2O4. The van der Waals surface area contributed by atoms with Crippen LogP contribution in [0.1, 0.15) is 77.8 Å². The lowest BCUT2D eigenvalue weighted by atomic mass is 9.74. The van der Waals surface area contributed by atoms with Crippen molar-refractivity contribution in [2.75, 3.05) is 33.7 Å². The van der Waals surface area contributed by atoms with Gasteiger partial charge in [0.1, 0.15) is 11.2 Å². The van der Waals surface area contributed by atoms with E-state index in [0.717, 1.165) is 50.0 Å². The minimum atomic E-state index is -0.486. The van der Waals surface area contributed by atoms with Gasteiger partial charge in [0.05, 0.1) is 0 Å². The minimum absolute atomic E-state index is 0.106. The van der Waals surface area contributed by atoms with Crippen molar-refractivity contribution < 1.29 is 19.1 Å². The van der Waals surface area contributed by atoms with E-state index < -0.39 is 11.2 Å². The number of rotatable bonds is 6. The molecular weight excluding hydrogens is 500 g/mol. The Kier molecular flexibility index (Phi) is 11.4. The highest BCUT2D eigenvalue weighted by Gasteiger charge is 2.47. The maximum atomic E-state index is 12.0. The number of likely N-dealkylation sites (tertiary alicyclic amines) is 2. The molecule has 2 saturated heterocycles. The van der Waals surface area contributed by atoms with E-state index in [-0.39, 0.29) is 23.8 Å². The highest BCUT2D eigenvalue weighted by molar-refractivity contribution is 5.70. The van der Waals surface area contributed by atoms with Gasteiger partial charge in [-0.1, -0.05) is 88.4 Å². The van der Waals surface area contributed by atoms with Crippen molar-refractivity contribution >= 4 is 11.9 Å². The molecule has 2 heterocycles. The lowest BCUT2D eigenvalue weighted by Gasteiger charge is -2.48. The Labute approximate surface area is 242 Å². The third-order valence-electron chi connectivity index (χ3n) is 8.87. The van der Waals surface area contributed by atoms with Gasteiger partial charge in [-0.25, -0.2) is 0 Å². The smallest absolute Gasteiger partial charge is 0.306 e. The van der Waals surface area contributed by atoms with Gasteiger partial charge in [0.2, 0.25) is 0 Å². The van der Waals surface area contributed by atoms with Crippen molar-refractivity contribution in [2.45, 2.75) is 84.0 Å². The molecule has 6 nitrogen and oxygen atoms in total. The summed E-state index contributed by atoms with van der Waals surface area (Å²) in [5.74, 6) is 0.345. The molecule has 4 rings (SSSR count). The Morgan fingerprint density at radius 3 is 1.77 bits per heavy atom. The van der Waals surface area contributed by atoms with E-state index in [2.05, 4.69) is 68.9 Å². The molecule has 0 aliphatic carbocycles. The summed E-state index contributed by atoms with van der Waals surface area (Å²) in [6.07, 6.45) is 3.64. The number of hydrogen-bond donors (Lipinski definition) is 0. The third kappa shape index (κ3) is 7.32. The van der Waals surface area contributed by atoms with Gasteiger partial charge < -0.3 is 19.3 Å². The van der Waals surface area contributed by atoms with E-state index in [1.54, 1.807) is 0 Å². The molecule has 2 aromatic rings. The van der Waals surface area contributed by atoms with Crippen LogP contribution in [0.25, 0.3) is 0 Å². The summed E-state index contributed by atoms with van der Waals surface area (Å²) in [6.45, 7) is 13.2. The summed E-state index contributed by atoms with van der Waals surface area (Å²) in [5, 5.41) is 0. The molecule has 2 unspecified atom stereocenters. The molecule has 0 radical (unpaired) electrons. The van der Waals surface area contributed by atoms with Gasteiger partial charge in [0.25, 0.3) is 0 Å². The summed E-state index contributed by atoms with van der Waals surface area (Å²) in [5.41, 5.74) is 1.29. The number of carbonyl (C=O) groups is 2. The van der Waals surface area contributed by atoms with Gasteiger partial charge in [-0.05, 0) is 51.5 Å². The van der Waals surface area contributed by atoms with Gasteiger partial charge in [-0.2, -0.15) is 0 Å². The normalized spacial score (nSPS) is 29.4. The van der Waals surface area contributed by atoms with Crippen LogP contribution in [-0.4, -0.2) is 61.5 Å². The summed E-state index contributed by atoms with van der Waals surface area (Å²) >= 11 is 0. The molecule has 220 valence electrons. The Morgan fingerprint density at radius 1 is 0.775 bits per heavy atom. The molecule has 40 heavy (non-hydrogen) atoms. The summed E-state index contributed by atoms with van der Waals surface area (Å²) < 4.78 is 12.0. The van der Waals surface area contributed by atoms with E-state index >= 15 is 0 Å². The average molecular weight is 551 g/mol. The zero-order valence-electron chi connectivity index (χ0n) is 25.7. The monoisotopic (exact) mass is 550 g/mol. The van der Waals surface area contributed by atoms with Crippen molar-refractivity contribution in [3.8, 4) is 0 Å². The van der Waals surface area contributed by atoms with Crippen LogP contribution in [0.5, 0.6) is 0 Å². The molecule has 2 fully saturated rings. The largest absolute Gasteiger partial charge is 0.454 e. The lowest BCUT2D eigenvalue weighted by Crippen LogP contribution is -2.53. The van der Waals surface area contributed by atoms with Crippen molar-refractivity contribution in [3.05, 3.63) is 71.8 Å². The Hall–Kier alpha value is -2.70. The fraction of sp³-hybridized carbons (Fsp3) is 0.588. The molecule has 2 aliphatic heterocycles. The molecule has 0 N–H and O–H groups in total. The van der Waals surface area contributed by atoms with E-state index in [4.69, 9.17) is 9.47 Å². The Balaban J connectivity index is 0.000000220. The number of hydrogen-bond acceptors (Lipinski definition) is 6. The highest BCUT2D eigenvalue weighted by Crippen LogP contribution is 2.43. The van der Waals surface area contributed by atoms with Gasteiger partial charge in [-0.15, -0.1) is 0 Å². The maximum absolute atomic E-state index is 12.0. The quantitative estimate of drug-likeness (QED) is 0.389.